The first-order valence-electron chi connectivity index (χ1n) is 7.49. The van der Waals surface area contributed by atoms with E-state index in [1.54, 1.807) is 0 Å². The van der Waals surface area contributed by atoms with Crippen molar-refractivity contribution in [3.63, 3.8) is 0 Å². The second-order valence-corrected chi connectivity index (χ2v) is 7.84. The monoisotopic (exact) mass is 352 g/mol. The molecule has 5 heteroatoms. The van der Waals surface area contributed by atoms with E-state index in [-0.39, 0.29) is 12.5 Å². The van der Waals surface area contributed by atoms with Gasteiger partial charge in [-0.3, -0.25) is 4.18 Å². The van der Waals surface area contributed by atoms with E-state index < -0.39 is 10.1 Å². The van der Waals surface area contributed by atoms with Crippen LogP contribution in [0.2, 0.25) is 5.02 Å². The number of halogens is 1. The Bertz CT molecular complexity index is 722. The zero-order valence-electron chi connectivity index (χ0n) is 13.3. The highest BCUT2D eigenvalue weighted by atomic mass is 35.5. The molecule has 1 atom stereocenters. The molecule has 0 spiro atoms. The van der Waals surface area contributed by atoms with E-state index in [4.69, 9.17) is 15.8 Å². The van der Waals surface area contributed by atoms with Crippen molar-refractivity contribution >= 4 is 21.7 Å². The maximum absolute atomic E-state index is 11.3. The van der Waals surface area contributed by atoms with Crippen LogP contribution < -0.4 is 0 Å². The van der Waals surface area contributed by atoms with Crippen molar-refractivity contribution in [1.29, 1.82) is 0 Å². The molecule has 0 aliphatic carbocycles. The average molecular weight is 353 g/mol. The fourth-order valence-corrected chi connectivity index (χ4v) is 2.92. The van der Waals surface area contributed by atoms with Gasteiger partial charge in [0.25, 0.3) is 10.1 Å². The highest BCUT2D eigenvalue weighted by molar-refractivity contribution is 7.85. The van der Waals surface area contributed by atoms with Crippen molar-refractivity contribution in [1.82, 2.24) is 0 Å². The molecular weight excluding hydrogens is 332 g/mol. The summed E-state index contributed by atoms with van der Waals surface area (Å²) in [6.45, 7) is 2.19. The number of hydrogen-bond donors (Lipinski definition) is 0. The van der Waals surface area contributed by atoms with Crippen LogP contribution in [0.5, 0.6) is 0 Å². The predicted molar refractivity (Wildman–Crippen MR) is 94.5 cm³/mol. The maximum atomic E-state index is 11.3. The van der Waals surface area contributed by atoms with Gasteiger partial charge in [-0.25, -0.2) is 0 Å². The summed E-state index contributed by atoms with van der Waals surface area (Å²) in [6, 6.07) is 15.9. The van der Waals surface area contributed by atoms with Crippen molar-refractivity contribution in [3.8, 4) is 0 Å². The largest absolute Gasteiger partial charge is 0.270 e. The molecular formula is C18H21ClO3S. The molecule has 0 saturated carbocycles. The Kier molecular flexibility index (Phi) is 6.22. The van der Waals surface area contributed by atoms with Gasteiger partial charge in [0.1, 0.15) is 0 Å². The van der Waals surface area contributed by atoms with E-state index in [1.165, 1.54) is 11.1 Å². The van der Waals surface area contributed by atoms with Gasteiger partial charge in [-0.1, -0.05) is 53.6 Å². The molecule has 1 unspecified atom stereocenters. The number of rotatable bonds is 7. The van der Waals surface area contributed by atoms with Gasteiger partial charge >= 0.3 is 0 Å². The van der Waals surface area contributed by atoms with E-state index >= 15 is 0 Å². The van der Waals surface area contributed by atoms with Crippen LogP contribution in [0.3, 0.4) is 0 Å². The van der Waals surface area contributed by atoms with Crippen LogP contribution in [-0.4, -0.2) is 21.3 Å². The van der Waals surface area contributed by atoms with Gasteiger partial charge in [-0.15, -0.1) is 0 Å². The quantitative estimate of drug-likeness (QED) is 0.696. The third-order valence-corrected chi connectivity index (χ3v) is 4.54. The van der Waals surface area contributed by atoms with E-state index in [0.717, 1.165) is 24.7 Å². The molecule has 2 aromatic carbocycles. The van der Waals surface area contributed by atoms with Crippen molar-refractivity contribution in [3.05, 3.63) is 70.2 Å². The molecule has 0 amide bonds. The van der Waals surface area contributed by atoms with E-state index in [9.17, 15) is 8.42 Å². The van der Waals surface area contributed by atoms with Gasteiger partial charge in [0.15, 0.2) is 0 Å². The van der Waals surface area contributed by atoms with Crippen LogP contribution in [0.15, 0.2) is 48.5 Å². The molecule has 0 N–H and O–H groups in total. The summed E-state index contributed by atoms with van der Waals surface area (Å²) in [4.78, 5) is 0. The molecule has 124 valence electrons. The van der Waals surface area contributed by atoms with Crippen molar-refractivity contribution in [2.45, 2.75) is 25.7 Å². The molecule has 0 bridgehead atoms. The standard InChI is InChI=1S/C18H21ClO3S/c1-14-3-8-16(9-4-14)17(13-22-23(2,20)21)10-5-15-6-11-18(19)12-7-15/h3-4,6-9,11-12,17H,5,10,13H2,1-2H3. The first-order chi connectivity index (χ1) is 10.8. The van der Waals surface area contributed by atoms with Crippen molar-refractivity contribution < 1.29 is 12.6 Å². The third-order valence-electron chi connectivity index (χ3n) is 3.73. The third kappa shape index (κ3) is 6.34. The molecule has 0 saturated heterocycles. The fourth-order valence-electron chi connectivity index (χ4n) is 2.38. The van der Waals surface area contributed by atoms with Gasteiger partial charge in [0.05, 0.1) is 12.9 Å². The van der Waals surface area contributed by atoms with Gasteiger partial charge in [0.2, 0.25) is 0 Å². The lowest BCUT2D eigenvalue weighted by atomic mass is 9.92. The molecule has 23 heavy (non-hydrogen) atoms. The predicted octanol–water partition coefficient (Wildman–Crippen LogP) is 4.34. The lowest BCUT2D eigenvalue weighted by Crippen LogP contribution is -2.13. The second kappa shape index (κ2) is 7.95. The average Bonchev–Trinajstić information content (AvgIpc) is 2.49. The molecule has 0 aromatic heterocycles. The molecule has 0 radical (unpaired) electrons. The molecule has 3 nitrogen and oxygen atoms in total. The zero-order valence-corrected chi connectivity index (χ0v) is 14.9. The van der Waals surface area contributed by atoms with Gasteiger partial charge in [0, 0.05) is 10.9 Å². The summed E-state index contributed by atoms with van der Waals surface area (Å²) in [7, 11) is -3.44. The summed E-state index contributed by atoms with van der Waals surface area (Å²) >= 11 is 5.90. The number of hydrogen-bond acceptors (Lipinski definition) is 3. The van der Waals surface area contributed by atoms with E-state index in [0.29, 0.717) is 5.02 Å². The molecule has 2 aromatic rings. The molecule has 0 aliphatic rings. The fraction of sp³-hybridized carbons (Fsp3) is 0.333. The first kappa shape index (κ1) is 18.0. The number of benzene rings is 2. The highest BCUT2D eigenvalue weighted by Crippen LogP contribution is 2.24. The summed E-state index contributed by atoms with van der Waals surface area (Å²) in [5.41, 5.74) is 3.44. The van der Waals surface area contributed by atoms with Crippen LogP contribution >= 0.6 is 11.6 Å². The molecule has 0 aliphatic heterocycles. The maximum Gasteiger partial charge on any atom is 0.264 e. The van der Waals surface area contributed by atoms with Crippen molar-refractivity contribution in [2.24, 2.45) is 0 Å². The lowest BCUT2D eigenvalue weighted by molar-refractivity contribution is 0.288. The van der Waals surface area contributed by atoms with Gasteiger partial charge in [-0.05, 0) is 43.0 Å². The summed E-state index contributed by atoms with van der Waals surface area (Å²) < 4.78 is 27.6. The van der Waals surface area contributed by atoms with Crippen LogP contribution in [0, 0.1) is 6.92 Å². The molecule has 2 rings (SSSR count). The lowest BCUT2D eigenvalue weighted by Gasteiger charge is -2.17. The molecule has 0 fully saturated rings. The minimum absolute atomic E-state index is 0.0287. The van der Waals surface area contributed by atoms with Crippen LogP contribution in [0.4, 0.5) is 0 Å². The minimum Gasteiger partial charge on any atom is -0.270 e. The Morgan fingerprint density at radius 3 is 2.22 bits per heavy atom. The number of aryl methyl sites for hydroxylation is 2. The Morgan fingerprint density at radius 2 is 1.65 bits per heavy atom. The van der Waals surface area contributed by atoms with Crippen LogP contribution in [0.1, 0.15) is 29.0 Å². The Labute approximate surface area is 143 Å². The first-order valence-corrected chi connectivity index (χ1v) is 9.68. The Balaban J connectivity index is 2.09. The summed E-state index contributed by atoms with van der Waals surface area (Å²) in [5.74, 6) is 0.0287. The van der Waals surface area contributed by atoms with Crippen LogP contribution in [-0.2, 0) is 20.7 Å². The van der Waals surface area contributed by atoms with Gasteiger partial charge < -0.3 is 0 Å². The SMILES string of the molecule is Cc1ccc(C(CCc2ccc(Cl)cc2)COS(C)(=O)=O)cc1. The minimum atomic E-state index is -3.44. The highest BCUT2D eigenvalue weighted by Gasteiger charge is 2.15. The van der Waals surface area contributed by atoms with E-state index in [1.807, 2.05) is 55.5 Å². The summed E-state index contributed by atoms with van der Waals surface area (Å²) in [5, 5.41) is 0.712. The topological polar surface area (TPSA) is 43.4 Å². The van der Waals surface area contributed by atoms with Crippen molar-refractivity contribution in [2.75, 3.05) is 12.9 Å². The Hall–Kier alpha value is -1.36. The summed E-state index contributed by atoms with van der Waals surface area (Å²) in [6.07, 6.45) is 2.72. The second-order valence-electron chi connectivity index (χ2n) is 5.76. The zero-order chi connectivity index (χ0) is 16.9. The molecule has 0 heterocycles. The Morgan fingerprint density at radius 1 is 1.04 bits per heavy atom. The van der Waals surface area contributed by atoms with Gasteiger partial charge in [-0.2, -0.15) is 8.42 Å². The smallest absolute Gasteiger partial charge is 0.264 e. The normalized spacial score (nSPS) is 13.0. The van der Waals surface area contributed by atoms with E-state index in [2.05, 4.69) is 0 Å². The van der Waals surface area contributed by atoms with Crippen LogP contribution in [0.25, 0.3) is 0 Å².